The number of nitrogens with zero attached hydrogens (tertiary/aromatic N) is 3. The highest BCUT2D eigenvalue weighted by molar-refractivity contribution is 7.93. The van der Waals surface area contributed by atoms with Gasteiger partial charge in [0.2, 0.25) is 0 Å². The van der Waals surface area contributed by atoms with Crippen LogP contribution in [0.4, 0.5) is 5.13 Å². The Hall–Kier alpha value is -1.45. The number of hydrogen-bond donors (Lipinski definition) is 2. The Morgan fingerprint density at radius 1 is 1.48 bits per heavy atom. The standard InChI is InChI=1S/C12H18N4O3S2/c1-3-11-9(2)20-12(14-11)15-21(18,19)10-7-13-16(8-10)5-4-6-17/h7-8,17H,3-6H2,1-2H3,(H,14,15). The maximum atomic E-state index is 12.3. The Morgan fingerprint density at radius 3 is 2.86 bits per heavy atom. The van der Waals surface area contributed by atoms with Crippen LogP contribution in [0.3, 0.4) is 0 Å². The second kappa shape index (κ2) is 6.54. The Morgan fingerprint density at radius 2 is 2.24 bits per heavy atom. The lowest BCUT2D eigenvalue weighted by Crippen LogP contribution is -2.12. The Bertz CT molecular complexity index is 706. The number of aromatic nitrogens is 3. The second-order valence-electron chi connectivity index (χ2n) is 4.50. The van der Waals surface area contributed by atoms with Crippen molar-refractivity contribution in [2.75, 3.05) is 11.3 Å². The van der Waals surface area contributed by atoms with E-state index < -0.39 is 10.0 Å². The SMILES string of the molecule is CCc1nc(NS(=O)(=O)c2cnn(CCCO)c2)sc1C. The van der Waals surface area contributed by atoms with E-state index in [0.717, 1.165) is 17.0 Å². The van der Waals surface area contributed by atoms with Crippen LogP contribution in [0, 0.1) is 6.92 Å². The molecule has 0 spiro atoms. The second-order valence-corrected chi connectivity index (χ2v) is 7.38. The highest BCUT2D eigenvalue weighted by Gasteiger charge is 2.19. The molecule has 0 amide bonds. The lowest BCUT2D eigenvalue weighted by Gasteiger charge is -2.02. The monoisotopic (exact) mass is 330 g/mol. The smallest absolute Gasteiger partial charge is 0.266 e. The van der Waals surface area contributed by atoms with Gasteiger partial charge in [-0.2, -0.15) is 5.10 Å². The van der Waals surface area contributed by atoms with Crippen molar-refractivity contribution in [3.63, 3.8) is 0 Å². The molecule has 2 heterocycles. The lowest BCUT2D eigenvalue weighted by molar-refractivity contribution is 0.277. The zero-order valence-corrected chi connectivity index (χ0v) is 13.5. The maximum absolute atomic E-state index is 12.3. The Kier molecular flexibility index (Phi) is 4.96. The highest BCUT2D eigenvalue weighted by atomic mass is 32.2. The number of anilines is 1. The molecule has 0 saturated heterocycles. The third kappa shape index (κ3) is 3.80. The van der Waals surface area contributed by atoms with Gasteiger partial charge < -0.3 is 5.11 Å². The first-order valence-electron chi connectivity index (χ1n) is 6.58. The van der Waals surface area contributed by atoms with Crippen molar-refractivity contribution < 1.29 is 13.5 Å². The van der Waals surface area contributed by atoms with E-state index in [4.69, 9.17) is 5.11 Å². The predicted molar refractivity (Wildman–Crippen MR) is 81.0 cm³/mol. The van der Waals surface area contributed by atoms with Gasteiger partial charge in [0.25, 0.3) is 10.0 Å². The summed E-state index contributed by atoms with van der Waals surface area (Å²) in [6.07, 6.45) is 4.03. The molecule has 0 radical (unpaired) electrons. The van der Waals surface area contributed by atoms with Gasteiger partial charge >= 0.3 is 0 Å². The molecule has 0 aliphatic heterocycles. The fraction of sp³-hybridized carbons (Fsp3) is 0.500. The van der Waals surface area contributed by atoms with Crippen molar-refractivity contribution in [2.24, 2.45) is 0 Å². The van der Waals surface area contributed by atoms with E-state index in [-0.39, 0.29) is 11.5 Å². The molecule has 0 aromatic carbocycles. The van der Waals surface area contributed by atoms with Crippen molar-refractivity contribution in [1.29, 1.82) is 0 Å². The fourth-order valence-electron chi connectivity index (χ4n) is 1.81. The topological polar surface area (TPSA) is 97.1 Å². The van der Waals surface area contributed by atoms with E-state index in [0.29, 0.717) is 18.1 Å². The summed E-state index contributed by atoms with van der Waals surface area (Å²) in [5, 5.41) is 13.1. The summed E-state index contributed by atoms with van der Waals surface area (Å²) in [6.45, 7) is 4.41. The van der Waals surface area contributed by atoms with Crippen LogP contribution >= 0.6 is 11.3 Å². The van der Waals surface area contributed by atoms with E-state index in [1.165, 1.54) is 28.4 Å². The molecule has 9 heteroatoms. The number of rotatable bonds is 7. The predicted octanol–water partition coefficient (Wildman–Crippen LogP) is 1.39. The molecule has 2 rings (SSSR count). The number of aliphatic hydroxyl groups is 1. The summed E-state index contributed by atoms with van der Waals surface area (Å²) in [7, 11) is -3.68. The summed E-state index contributed by atoms with van der Waals surface area (Å²) >= 11 is 1.32. The summed E-state index contributed by atoms with van der Waals surface area (Å²) in [6, 6.07) is 0. The van der Waals surface area contributed by atoms with Gasteiger partial charge in [-0.3, -0.25) is 9.40 Å². The van der Waals surface area contributed by atoms with Crippen LogP contribution in [0.25, 0.3) is 0 Å². The molecule has 0 fully saturated rings. The maximum Gasteiger partial charge on any atom is 0.266 e. The van der Waals surface area contributed by atoms with Crippen LogP contribution in [-0.4, -0.2) is 34.9 Å². The lowest BCUT2D eigenvalue weighted by atomic mass is 10.3. The van der Waals surface area contributed by atoms with Gasteiger partial charge in [0.1, 0.15) is 4.90 Å². The zero-order chi connectivity index (χ0) is 15.5. The molecule has 0 aliphatic rings. The number of thiazole rings is 1. The molecule has 7 nitrogen and oxygen atoms in total. The quantitative estimate of drug-likeness (QED) is 0.799. The molecule has 0 bridgehead atoms. The van der Waals surface area contributed by atoms with Crippen molar-refractivity contribution in [3.8, 4) is 0 Å². The molecule has 116 valence electrons. The zero-order valence-electron chi connectivity index (χ0n) is 11.9. The molecule has 2 aromatic rings. The number of aryl methyl sites for hydroxylation is 3. The van der Waals surface area contributed by atoms with Crippen LogP contribution in [0.15, 0.2) is 17.3 Å². The molecule has 0 unspecified atom stereocenters. The first kappa shape index (κ1) is 15.9. The van der Waals surface area contributed by atoms with Crippen LogP contribution < -0.4 is 4.72 Å². The fourth-order valence-corrected chi connectivity index (χ4v) is 3.90. The van der Waals surface area contributed by atoms with Gasteiger partial charge in [0, 0.05) is 24.2 Å². The normalized spacial score (nSPS) is 11.8. The molecule has 2 N–H and O–H groups in total. The molecule has 2 aromatic heterocycles. The minimum Gasteiger partial charge on any atom is -0.396 e. The molecule has 0 atom stereocenters. The molecular formula is C12H18N4O3S2. The van der Waals surface area contributed by atoms with Crippen LogP contribution in [0.1, 0.15) is 23.9 Å². The summed E-state index contributed by atoms with van der Waals surface area (Å²) in [5.41, 5.74) is 0.899. The number of hydrogen-bond acceptors (Lipinski definition) is 6. The van der Waals surface area contributed by atoms with Crippen molar-refractivity contribution in [3.05, 3.63) is 23.0 Å². The molecule has 0 aliphatic carbocycles. The third-order valence-electron chi connectivity index (χ3n) is 2.91. The van der Waals surface area contributed by atoms with Crippen molar-refractivity contribution in [2.45, 2.75) is 38.1 Å². The third-order valence-corrected chi connectivity index (χ3v) is 5.27. The van der Waals surface area contributed by atoms with Gasteiger partial charge in [0.05, 0.1) is 11.9 Å². The van der Waals surface area contributed by atoms with Crippen molar-refractivity contribution in [1.82, 2.24) is 14.8 Å². The Labute approximate surface area is 127 Å². The molecule has 21 heavy (non-hydrogen) atoms. The van der Waals surface area contributed by atoms with E-state index in [1.807, 2.05) is 13.8 Å². The average molecular weight is 330 g/mol. The van der Waals surface area contributed by atoms with Gasteiger partial charge in [-0.25, -0.2) is 13.4 Å². The van der Waals surface area contributed by atoms with Crippen molar-refractivity contribution >= 4 is 26.5 Å². The highest BCUT2D eigenvalue weighted by Crippen LogP contribution is 2.24. The van der Waals surface area contributed by atoms with Crippen LogP contribution in [0.5, 0.6) is 0 Å². The van der Waals surface area contributed by atoms with Gasteiger partial charge in [0.15, 0.2) is 5.13 Å². The Balaban J connectivity index is 2.15. The number of sulfonamides is 1. The largest absolute Gasteiger partial charge is 0.396 e. The van der Waals surface area contributed by atoms with E-state index in [2.05, 4.69) is 14.8 Å². The minimum atomic E-state index is -3.68. The van der Waals surface area contributed by atoms with Crippen LogP contribution in [-0.2, 0) is 23.0 Å². The summed E-state index contributed by atoms with van der Waals surface area (Å²) < 4.78 is 28.5. The van der Waals surface area contributed by atoms with Gasteiger partial charge in [-0.15, -0.1) is 11.3 Å². The first-order chi connectivity index (χ1) is 9.96. The van der Waals surface area contributed by atoms with E-state index in [9.17, 15) is 8.42 Å². The van der Waals surface area contributed by atoms with Gasteiger partial charge in [-0.05, 0) is 19.8 Å². The average Bonchev–Trinajstić information content (AvgIpc) is 3.03. The van der Waals surface area contributed by atoms with Crippen LogP contribution in [0.2, 0.25) is 0 Å². The van der Waals surface area contributed by atoms with E-state index >= 15 is 0 Å². The number of aliphatic hydroxyl groups excluding tert-OH is 1. The molecular weight excluding hydrogens is 312 g/mol. The van der Waals surface area contributed by atoms with Gasteiger partial charge in [-0.1, -0.05) is 6.92 Å². The van der Waals surface area contributed by atoms with E-state index in [1.54, 1.807) is 0 Å². The summed E-state index contributed by atoms with van der Waals surface area (Å²) in [4.78, 5) is 5.36. The minimum absolute atomic E-state index is 0.0401. The summed E-state index contributed by atoms with van der Waals surface area (Å²) in [5.74, 6) is 0. The number of nitrogens with one attached hydrogen (secondary N) is 1. The first-order valence-corrected chi connectivity index (χ1v) is 8.88. The molecule has 0 saturated carbocycles.